The maximum atomic E-state index is 13.4. The van der Waals surface area contributed by atoms with E-state index in [1.54, 1.807) is 0 Å². The standard InChI is InChI=1S/C13H18F3N/c1-2-3-4-5-8-17(10-14)13-7-6-11(15)9-12(13)16/h6-7,9H,2-5,8,10H2,1H3. The molecule has 1 aromatic carbocycles. The monoisotopic (exact) mass is 245 g/mol. The number of hydrogen-bond donors (Lipinski definition) is 0. The molecule has 17 heavy (non-hydrogen) atoms. The number of rotatable bonds is 7. The van der Waals surface area contributed by atoms with E-state index in [4.69, 9.17) is 0 Å². The second kappa shape index (κ2) is 7.20. The molecule has 0 spiro atoms. The quantitative estimate of drug-likeness (QED) is 0.512. The number of unbranched alkanes of at least 4 members (excludes halogenated alkanes) is 3. The molecular weight excluding hydrogens is 227 g/mol. The van der Waals surface area contributed by atoms with Gasteiger partial charge in [0.2, 0.25) is 0 Å². The second-order valence-corrected chi connectivity index (χ2v) is 4.04. The van der Waals surface area contributed by atoms with Gasteiger partial charge in [-0.2, -0.15) is 0 Å². The Morgan fingerprint density at radius 3 is 2.47 bits per heavy atom. The highest BCUT2D eigenvalue weighted by Crippen LogP contribution is 2.20. The van der Waals surface area contributed by atoms with Crippen LogP contribution in [0, 0.1) is 11.6 Å². The van der Waals surface area contributed by atoms with E-state index in [1.165, 1.54) is 11.0 Å². The van der Waals surface area contributed by atoms with Crippen LogP contribution in [0.25, 0.3) is 0 Å². The molecule has 0 fully saturated rings. The summed E-state index contributed by atoms with van der Waals surface area (Å²) in [5, 5.41) is 0. The fourth-order valence-electron chi connectivity index (χ4n) is 1.71. The van der Waals surface area contributed by atoms with Gasteiger partial charge in [0.05, 0.1) is 5.69 Å². The molecular formula is C13H18F3N. The molecule has 0 saturated heterocycles. The van der Waals surface area contributed by atoms with Crippen LogP contribution in [0.1, 0.15) is 32.6 Å². The zero-order valence-electron chi connectivity index (χ0n) is 10.1. The molecule has 4 heteroatoms. The molecule has 0 heterocycles. The lowest BCUT2D eigenvalue weighted by molar-refractivity contribution is 0.459. The molecule has 0 aromatic heterocycles. The van der Waals surface area contributed by atoms with Crippen molar-refractivity contribution in [2.45, 2.75) is 32.6 Å². The summed E-state index contributed by atoms with van der Waals surface area (Å²) in [7, 11) is 0. The minimum absolute atomic E-state index is 0.130. The van der Waals surface area contributed by atoms with Gasteiger partial charge in [0.1, 0.15) is 11.6 Å². The molecule has 96 valence electrons. The average molecular weight is 245 g/mol. The van der Waals surface area contributed by atoms with Crippen molar-refractivity contribution in [1.29, 1.82) is 0 Å². The minimum Gasteiger partial charge on any atom is -0.342 e. The number of halogens is 3. The summed E-state index contributed by atoms with van der Waals surface area (Å²) in [5.74, 6) is -1.35. The normalized spacial score (nSPS) is 10.6. The summed E-state index contributed by atoms with van der Waals surface area (Å²) in [6.07, 6.45) is 4.00. The van der Waals surface area contributed by atoms with Crippen LogP contribution in [0.5, 0.6) is 0 Å². The largest absolute Gasteiger partial charge is 0.342 e. The van der Waals surface area contributed by atoms with Gasteiger partial charge in [-0.15, -0.1) is 0 Å². The first-order valence-corrected chi connectivity index (χ1v) is 5.95. The van der Waals surface area contributed by atoms with E-state index in [-0.39, 0.29) is 5.69 Å². The Labute approximate surface area is 100 Å². The van der Waals surface area contributed by atoms with Crippen molar-refractivity contribution >= 4 is 5.69 Å². The Balaban J connectivity index is 2.59. The predicted octanol–water partition coefficient (Wildman–Crippen LogP) is 4.28. The summed E-state index contributed by atoms with van der Waals surface area (Å²) in [6, 6.07) is 3.21. The van der Waals surface area contributed by atoms with Gasteiger partial charge < -0.3 is 4.90 Å². The molecule has 1 aromatic rings. The van der Waals surface area contributed by atoms with Crippen molar-refractivity contribution in [3.63, 3.8) is 0 Å². The summed E-state index contributed by atoms with van der Waals surface area (Å²) in [6.45, 7) is 1.79. The van der Waals surface area contributed by atoms with Crippen molar-refractivity contribution in [3.8, 4) is 0 Å². The smallest absolute Gasteiger partial charge is 0.162 e. The topological polar surface area (TPSA) is 3.24 Å². The summed E-state index contributed by atoms with van der Waals surface area (Å²) in [5.41, 5.74) is 0.130. The third-order valence-corrected chi connectivity index (χ3v) is 2.68. The van der Waals surface area contributed by atoms with E-state index >= 15 is 0 Å². The Hall–Kier alpha value is -1.19. The molecule has 1 rings (SSSR count). The molecule has 0 saturated carbocycles. The number of benzene rings is 1. The van der Waals surface area contributed by atoms with Gasteiger partial charge in [-0.25, -0.2) is 13.2 Å². The van der Waals surface area contributed by atoms with Crippen molar-refractivity contribution in [1.82, 2.24) is 0 Å². The molecule has 0 radical (unpaired) electrons. The first kappa shape index (κ1) is 13.9. The van der Waals surface area contributed by atoms with E-state index in [2.05, 4.69) is 6.92 Å². The lowest BCUT2D eigenvalue weighted by Crippen LogP contribution is -2.24. The first-order valence-electron chi connectivity index (χ1n) is 5.95. The van der Waals surface area contributed by atoms with Gasteiger partial charge in [-0.05, 0) is 18.6 Å². The molecule has 0 aliphatic heterocycles. The first-order chi connectivity index (χ1) is 8.19. The van der Waals surface area contributed by atoms with Crippen LogP contribution in [0.3, 0.4) is 0 Å². The van der Waals surface area contributed by atoms with E-state index in [9.17, 15) is 13.2 Å². The van der Waals surface area contributed by atoms with Gasteiger partial charge in [0.25, 0.3) is 0 Å². The number of alkyl halides is 1. The summed E-state index contributed by atoms with van der Waals surface area (Å²) < 4.78 is 38.9. The highest BCUT2D eigenvalue weighted by Gasteiger charge is 2.11. The van der Waals surface area contributed by atoms with Crippen LogP contribution < -0.4 is 4.90 Å². The number of nitrogens with zero attached hydrogens (tertiary/aromatic N) is 1. The van der Waals surface area contributed by atoms with Gasteiger partial charge in [-0.3, -0.25) is 0 Å². The Morgan fingerprint density at radius 2 is 1.88 bits per heavy atom. The fraction of sp³-hybridized carbons (Fsp3) is 0.538. The lowest BCUT2D eigenvalue weighted by atomic mass is 10.2. The number of anilines is 1. The lowest BCUT2D eigenvalue weighted by Gasteiger charge is -2.21. The summed E-state index contributed by atoms with van der Waals surface area (Å²) >= 11 is 0. The molecule has 0 aliphatic carbocycles. The average Bonchev–Trinajstić information content (AvgIpc) is 2.31. The van der Waals surface area contributed by atoms with Gasteiger partial charge in [0.15, 0.2) is 6.80 Å². The van der Waals surface area contributed by atoms with Crippen LogP contribution in [0.4, 0.5) is 18.9 Å². The van der Waals surface area contributed by atoms with Gasteiger partial charge in [0, 0.05) is 12.6 Å². The van der Waals surface area contributed by atoms with Crippen molar-refractivity contribution in [3.05, 3.63) is 29.8 Å². The van der Waals surface area contributed by atoms with Gasteiger partial charge >= 0.3 is 0 Å². The molecule has 0 N–H and O–H groups in total. The summed E-state index contributed by atoms with van der Waals surface area (Å²) in [4.78, 5) is 1.30. The van der Waals surface area contributed by atoms with Crippen LogP contribution in [0.15, 0.2) is 18.2 Å². The van der Waals surface area contributed by atoms with Crippen LogP contribution in [-0.4, -0.2) is 13.3 Å². The second-order valence-electron chi connectivity index (χ2n) is 4.04. The van der Waals surface area contributed by atoms with Gasteiger partial charge in [-0.1, -0.05) is 26.2 Å². The SMILES string of the molecule is CCCCCCN(CF)c1ccc(F)cc1F. The maximum Gasteiger partial charge on any atom is 0.162 e. The predicted molar refractivity (Wildman–Crippen MR) is 63.8 cm³/mol. The van der Waals surface area contributed by atoms with E-state index < -0.39 is 18.4 Å². The maximum absolute atomic E-state index is 13.4. The molecule has 0 aliphatic rings. The van der Waals surface area contributed by atoms with Crippen molar-refractivity contribution in [2.75, 3.05) is 18.2 Å². The fourth-order valence-corrected chi connectivity index (χ4v) is 1.71. The van der Waals surface area contributed by atoms with E-state index in [0.717, 1.165) is 37.8 Å². The Bertz CT molecular complexity index is 341. The van der Waals surface area contributed by atoms with Crippen molar-refractivity contribution in [2.24, 2.45) is 0 Å². The third-order valence-electron chi connectivity index (χ3n) is 2.68. The molecule has 1 nitrogen and oxygen atoms in total. The van der Waals surface area contributed by atoms with E-state index in [0.29, 0.717) is 6.54 Å². The van der Waals surface area contributed by atoms with Crippen LogP contribution in [-0.2, 0) is 0 Å². The van der Waals surface area contributed by atoms with Crippen LogP contribution in [0.2, 0.25) is 0 Å². The van der Waals surface area contributed by atoms with E-state index in [1.807, 2.05) is 0 Å². The van der Waals surface area contributed by atoms with Crippen LogP contribution >= 0.6 is 0 Å². The molecule has 0 unspecified atom stereocenters. The third kappa shape index (κ3) is 4.29. The zero-order valence-corrected chi connectivity index (χ0v) is 10.1. The minimum atomic E-state index is -0.755. The number of hydrogen-bond acceptors (Lipinski definition) is 1. The molecule has 0 bridgehead atoms. The Morgan fingerprint density at radius 1 is 1.12 bits per heavy atom. The zero-order chi connectivity index (χ0) is 12.7. The molecule has 0 atom stereocenters. The molecule has 0 amide bonds. The Kier molecular flexibility index (Phi) is 5.87. The highest BCUT2D eigenvalue weighted by molar-refractivity contribution is 5.47. The highest BCUT2D eigenvalue weighted by atomic mass is 19.1. The van der Waals surface area contributed by atoms with Crippen molar-refractivity contribution < 1.29 is 13.2 Å².